The molecule has 1 fully saturated rings. The number of anilines is 1. The van der Waals surface area contributed by atoms with Crippen molar-refractivity contribution in [2.24, 2.45) is 5.41 Å². The lowest BCUT2D eigenvalue weighted by molar-refractivity contribution is -0.137. The first-order valence-electron chi connectivity index (χ1n) is 13.1. The molecule has 2 aromatic heterocycles. The fourth-order valence-corrected chi connectivity index (χ4v) is 6.16. The molecule has 6 nitrogen and oxygen atoms in total. The highest BCUT2D eigenvalue weighted by Gasteiger charge is 2.51. The summed E-state index contributed by atoms with van der Waals surface area (Å²) in [6, 6.07) is 13.4. The van der Waals surface area contributed by atoms with Crippen molar-refractivity contribution in [3.63, 3.8) is 0 Å². The molecule has 2 amide bonds. The molecule has 3 aliphatic rings. The van der Waals surface area contributed by atoms with Crippen molar-refractivity contribution in [3.05, 3.63) is 100 Å². The Morgan fingerprint density at radius 1 is 0.974 bits per heavy atom. The van der Waals surface area contributed by atoms with Crippen molar-refractivity contribution in [1.82, 2.24) is 14.9 Å². The van der Waals surface area contributed by atoms with Crippen LogP contribution < -0.4 is 5.32 Å². The zero-order chi connectivity index (χ0) is 26.9. The van der Waals surface area contributed by atoms with Gasteiger partial charge < -0.3 is 10.2 Å². The van der Waals surface area contributed by atoms with Crippen LogP contribution in [0.3, 0.4) is 0 Å². The van der Waals surface area contributed by atoms with Gasteiger partial charge in [0.2, 0.25) is 11.8 Å². The van der Waals surface area contributed by atoms with Gasteiger partial charge in [0, 0.05) is 47.9 Å². The number of carbonyl (C=O) groups excluding carboxylic acids is 2. The minimum absolute atomic E-state index is 0.0253. The number of aromatic nitrogens is 2. The molecule has 3 heterocycles. The van der Waals surface area contributed by atoms with E-state index in [2.05, 4.69) is 22.4 Å². The van der Waals surface area contributed by atoms with Crippen molar-refractivity contribution in [1.29, 1.82) is 0 Å². The van der Waals surface area contributed by atoms with E-state index in [1.807, 2.05) is 25.1 Å². The predicted octanol–water partition coefficient (Wildman–Crippen LogP) is 5.23. The molecule has 2 aromatic carbocycles. The van der Waals surface area contributed by atoms with E-state index in [1.54, 1.807) is 17.3 Å². The van der Waals surface area contributed by atoms with Crippen LogP contribution in [-0.4, -0.2) is 26.7 Å². The van der Waals surface area contributed by atoms with E-state index in [9.17, 15) is 18.4 Å². The summed E-state index contributed by atoms with van der Waals surface area (Å²) >= 11 is 0. The molecule has 8 heteroatoms. The lowest BCUT2D eigenvalue weighted by Crippen LogP contribution is -2.35. The Bertz CT molecular complexity index is 1680. The Labute approximate surface area is 224 Å². The average molecular weight is 525 g/mol. The van der Waals surface area contributed by atoms with Crippen molar-refractivity contribution >= 4 is 28.5 Å². The van der Waals surface area contributed by atoms with Gasteiger partial charge in [0.1, 0.15) is 17.5 Å². The first-order valence-corrected chi connectivity index (χ1v) is 13.1. The van der Waals surface area contributed by atoms with Crippen molar-refractivity contribution in [2.75, 3.05) is 5.32 Å². The second-order valence-electron chi connectivity index (χ2n) is 11.4. The normalized spacial score (nSPS) is 20.1. The van der Waals surface area contributed by atoms with Crippen LogP contribution in [0.4, 0.5) is 14.6 Å². The van der Waals surface area contributed by atoms with E-state index in [-0.39, 0.29) is 24.9 Å². The fraction of sp³-hybridized carbons (Fsp3) is 0.290. The molecule has 7 rings (SSSR count). The molecule has 0 saturated heterocycles. The summed E-state index contributed by atoms with van der Waals surface area (Å²) in [5.74, 6) is -0.747. The third kappa shape index (κ3) is 3.97. The molecule has 0 bridgehead atoms. The van der Waals surface area contributed by atoms with Crippen LogP contribution in [-0.2, 0) is 40.9 Å². The molecule has 196 valence electrons. The average Bonchev–Trinajstić information content (AvgIpc) is 3.45. The molecule has 1 N–H and O–H groups in total. The third-order valence-corrected chi connectivity index (χ3v) is 8.51. The van der Waals surface area contributed by atoms with Crippen LogP contribution in [0.15, 0.2) is 60.9 Å². The minimum atomic E-state index is -0.664. The summed E-state index contributed by atoms with van der Waals surface area (Å²) in [4.78, 5) is 37.2. The van der Waals surface area contributed by atoms with Crippen molar-refractivity contribution in [3.8, 4) is 0 Å². The summed E-state index contributed by atoms with van der Waals surface area (Å²) in [6.45, 7) is 2.31. The van der Waals surface area contributed by atoms with Crippen molar-refractivity contribution in [2.45, 2.75) is 51.1 Å². The molecule has 4 aromatic rings. The van der Waals surface area contributed by atoms with Gasteiger partial charge in [-0.25, -0.2) is 13.8 Å². The van der Waals surface area contributed by atoms with E-state index in [0.29, 0.717) is 24.2 Å². The van der Waals surface area contributed by atoms with E-state index in [1.165, 1.54) is 12.1 Å². The standard InChI is InChI=1S/C31H26F2N4O2/c1-30(4-5-30)29(39)37(16-18-8-23(32)12-24(33)9-18)17-19-7-20-10-21-13-31(14-22(21)11-26(20)35-15-19)25-3-2-6-34-27(25)36-28(31)38/h2-3,6-12,15H,4-5,13-14,16-17H2,1H3,(H,34,36,38). The monoisotopic (exact) mass is 524 g/mol. The number of hydrogen-bond acceptors (Lipinski definition) is 4. The van der Waals surface area contributed by atoms with E-state index in [0.717, 1.165) is 52.1 Å². The van der Waals surface area contributed by atoms with Gasteiger partial charge in [-0.3, -0.25) is 14.6 Å². The maximum Gasteiger partial charge on any atom is 0.237 e. The van der Waals surface area contributed by atoms with Gasteiger partial charge in [0.15, 0.2) is 0 Å². The van der Waals surface area contributed by atoms with Gasteiger partial charge in [0.05, 0.1) is 10.9 Å². The largest absolute Gasteiger partial charge is 0.334 e. The first-order chi connectivity index (χ1) is 18.7. The zero-order valence-corrected chi connectivity index (χ0v) is 21.4. The van der Waals surface area contributed by atoms with Gasteiger partial charge in [-0.2, -0.15) is 0 Å². The predicted molar refractivity (Wildman–Crippen MR) is 142 cm³/mol. The highest BCUT2D eigenvalue weighted by Crippen LogP contribution is 2.48. The van der Waals surface area contributed by atoms with Crippen LogP contribution >= 0.6 is 0 Å². The number of halogens is 2. The zero-order valence-electron chi connectivity index (χ0n) is 21.4. The SMILES string of the molecule is CC1(C(=O)N(Cc2cc(F)cc(F)c2)Cc2cnc3cc4c(cc3c2)CC2(C4)C(=O)Nc3ncccc32)CC1. The third-order valence-electron chi connectivity index (χ3n) is 8.51. The number of benzene rings is 2. The Morgan fingerprint density at radius 3 is 2.44 bits per heavy atom. The summed E-state index contributed by atoms with van der Waals surface area (Å²) in [5, 5.41) is 3.87. The Hall–Kier alpha value is -4.20. The number of carbonyl (C=O) groups is 2. The summed E-state index contributed by atoms with van der Waals surface area (Å²) in [7, 11) is 0. The van der Waals surface area contributed by atoms with Crippen LogP contribution in [0.5, 0.6) is 0 Å². The van der Waals surface area contributed by atoms with E-state index < -0.39 is 22.5 Å². The Kier molecular flexibility index (Phi) is 5.14. The van der Waals surface area contributed by atoms with Gasteiger partial charge >= 0.3 is 0 Å². The van der Waals surface area contributed by atoms with Gasteiger partial charge in [0.25, 0.3) is 0 Å². The number of nitrogens with one attached hydrogen (secondary N) is 1. The Morgan fingerprint density at radius 2 is 1.69 bits per heavy atom. The van der Waals surface area contributed by atoms with Gasteiger partial charge in [-0.15, -0.1) is 0 Å². The molecule has 2 aliphatic carbocycles. The maximum absolute atomic E-state index is 13.9. The van der Waals surface area contributed by atoms with E-state index >= 15 is 0 Å². The van der Waals surface area contributed by atoms with Gasteiger partial charge in [-0.05, 0) is 84.3 Å². The first kappa shape index (κ1) is 23.9. The minimum Gasteiger partial charge on any atom is -0.334 e. The molecule has 39 heavy (non-hydrogen) atoms. The molecule has 1 unspecified atom stereocenters. The number of rotatable bonds is 5. The summed E-state index contributed by atoms with van der Waals surface area (Å²) < 4.78 is 27.7. The highest BCUT2D eigenvalue weighted by molar-refractivity contribution is 6.06. The second kappa shape index (κ2) is 8.40. The number of nitrogens with zero attached hydrogens (tertiary/aromatic N) is 3. The molecular weight excluding hydrogens is 498 g/mol. The quantitative estimate of drug-likeness (QED) is 0.388. The number of hydrogen-bond donors (Lipinski definition) is 1. The van der Waals surface area contributed by atoms with Gasteiger partial charge in [-0.1, -0.05) is 13.0 Å². The summed E-state index contributed by atoms with van der Waals surface area (Å²) in [5.41, 5.74) is 4.10. The lowest BCUT2D eigenvalue weighted by Gasteiger charge is -2.26. The number of amides is 2. The number of fused-ring (bicyclic) bond motifs is 4. The fourth-order valence-electron chi connectivity index (χ4n) is 6.16. The molecule has 1 aliphatic heterocycles. The highest BCUT2D eigenvalue weighted by atomic mass is 19.1. The van der Waals surface area contributed by atoms with Crippen LogP contribution in [0.1, 0.15) is 47.6 Å². The Balaban J connectivity index is 1.20. The van der Waals surface area contributed by atoms with Crippen molar-refractivity contribution < 1.29 is 18.4 Å². The van der Waals surface area contributed by atoms with Crippen LogP contribution in [0.25, 0.3) is 10.9 Å². The lowest BCUT2D eigenvalue weighted by atomic mass is 9.79. The molecule has 1 atom stereocenters. The van der Waals surface area contributed by atoms with Crippen LogP contribution in [0.2, 0.25) is 0 Å². The molecular formula is C31H26F2N4O2. The second-order valence-corrected chi connectivity index (χ2v) is 11.4. The molecule has 1 spiro atoms. The number of pyridine rings is 2. The summed E-state index contributed by atoms with van der Waals surface area (Å²) in [6.07, 6.45) is 6.22. The molecule has 0 radical (unpaired) electrons. The van der Waals surface area contributed by atoms with Crippen LogP contribution in [0, 0.1) is 17.0 Å². The van der Waals surface area contributed by atoms with E-state index in [4.69, 9.17) is 4.98 Å². The maximum atomic E-state index is 13.9. The topological polar surface area (TPSA) is 75.2 Å². The molecule has 1 saturated carbocycles. The smallest absolute Gasteiger partial charge is 0.237 e.